The maximum absolute atomic E-state index is 11.8. The van der Waals surface area contributed by atoms with Gasteiger partial charge in [0.25, 0.3) is 5.69 Å². The van der Waals surface area contributed by atoms with Crippen LogP contribution in [0.3, 0.4) is 0 Å². The third kappa shape index (κ3) is 2.78. The Balaban J connectivity index is 1.93. The fraction of sp³-hybridized carbons (Fsp3) is 0.0667. The molecular formula is C15H10N2O5. The molecule has 0 saturated heterocycles. The molecule has 0 saturated carbocycles. The zero-order chi connectivity index (χ0) is 15.5. The van der Waals surface area contributed by atoms with Crippen molar-refractivity contribution in [2.24, 2.45) is 0 Å². The van der Waals surface area contributed by atoms with E-state index >= 15 is 0 Å². The van der Waals surface area contributed by atoms with Gasteiger partial charge in [-0.1, -0.05) is 30.3 Å². The van der Waals surface area contributed by atoms with Gasteiger partial charge in [-0.2, -0.15) is 4.98 Å². The smallest absolute Gasteiger partial charge is 0.397 e. The summed E-state index contributed by atoms with van der Waals surface area (Å²) in [7, 11) is 0. The molecule has 3 rings (SSSR count). The van der Waals surface area contributed by atoms with E-state index in [1.54, 1.807) is 0 Å². The summed E-state index contributed by atoms with van der Waals surface area (Å²) in [6, 6.07) is 13.0. The van der Waals surface area contributed by atoms with E-state index in [9.17, 15) is 14.9 Å². The van der Waals surface area contributed by atoms with E-state index < -0.39 is 10.5 Å². The molecule has 0 aliphatic rings. The molecular weight excluding hydrogens is 288 g/mol. The Kier molecular flexibility index (Phi) is 3.53. The molecule has 7 heteroatoms. The van der Waals surface area contributed by atoms with E-state index in [1.165, 1.54) is 18.2 Å². The molecule has 0 aliphatic heterocycles. The number of ether oxygens (including phenoxy) is 1. The first kappa shape index (κ1) is 13.7. The number of hydrogen-bond donors (Lipinski definition) is 0. The molecule has 2 aromatic carbocycles. The molecule has 0 bridgehead atoms. The van der Waals surface area contributed by atoms with Gasteiger partial charge < -0.3 is 9.15 Å². The van der Waals surface area contributed by atoms with Crippen molar-refractivity contribution >= 4 is 16.6 Å². The zero-order valence-electron chi connectivity index (χ0n) is 11.3. The highest BCUT2D eigenvalue weighted by Gasteiger charge is 2.12. The van der Waals surface area contributed by atoms with Gasteiger partial charge in [-0.05, 0) is 11.6 Å². The lowest BCUT2D eigenvalue weighted by molar-refractivity contribution is -0.384. The van der Waals surface area contributed by atoms with Crippen molar-refractivity contribution in [2.75, 3.05) is 0 Å². The molecule has 0 radical (unpaired) electrons. The van der Waals surface area contributed by atoms with Crippen molar-refractivity contribution in [1.82, 2.24) is 4.98 Å². The van der Waals surface area contributed by atoms with Crippen LogP contribution in [0.5, 0.6) is 6.08 Å². The number of benzene rings is 2. The van der Waals surface area contributed by atoms with Gasteiger partial charge in [0.2, 0.25) is 0 Å². The van der Waals surface area contributed by atoms with E-state index in [-0.39, 0.29) is 29.3 Å². The van der Waals surface area contributed by atoms with Crippen LogP contribution in [0.4, 0.5) is 5.69 Å². The lowest BCUT2D eigenvalue weighted by Crippen LogP contribution is -2.05. The van der Waals surface area contributed by atoms with Gasteiger partial charge in [-0.3, -0.25) is 10.1 Å². The summed E-state index contributed by atoms with van der Waals surface area (Å²) < 4.78 is 10.3. The predicted octanol–water partition coefficient (Wildman–Crippen LogP) is 2.68. The number of rotatable bonds is 4. The van der Waals surface area contributed by atoms with Crippen molar-refractivity contribution in [3.63, 3.8) is 0 Å². The molecule has 1 aromatic heterocycles. The van der Waals surface area contributed by atoms with E-state index in [1.807, 2.05) is 30.3 Å². The second-order valence-corrected chi connectivity index (χ2v) is 4.50. The number of fused-ring (bicyclic) bond motifs is 1. The highest BCUT2D eigenvalue weighted by molar-refractivity contribution is 5.79. The molecule has 0 aliphatic carbocycles. The van der Waals surface area contributed by atoms with Crippen LogP contribution in [0, 0.1) is 10.1 Å². The highest BCUT2D eigenvalue weighted by Crippen LogP contribution is 2.19. The van der Waals surface area contributed by atoms with Gasteiger partial charge in [0.15, 0.2) is 0 Å². The number of nitrogens with zero attached hydrogens (tertiary/aromatic N) is 2. The third-order valence-electron chi connectivity index (χ3n) is 3.01. The number of nitro groups is 1. The minimum atomic E-state index is -0.650. The Bertz CT molecular complexity index is 889. The molecule has 0 fully saturated rings. The standard InChI is InChI=1S/C15H10N2O5/c18-14-12-7-6-11(17(19)20)8-13(12)16-15(22-14)21-9-10-4-2-1-3-5-10/h1-8H,9H2. The minimum Gasteiger partial charge on any atom is -0.445 e. The highest BCUT2D eigenvalue weighted by atomic mass is 16.6. The van der Waals surface area contributed by atoms with Crippen LogP contribution >= 0.6 is 0 Å². The van der Waals surface area contributed by atoms with Gasteiger partial charge in [-0.25, -0.2) is 4.79 Å². The maximum Gasteiger partial charge on any atom is 0.397 e. The molecule has 3 aromatic rings. The molecule has 0 amide bonds. The lowest BCUT2D eigenvalue weighted by atomic mass is 10.2. The van der Waals surface area contributed by atoms with Crippen molar-refractivity contribution in [1.29, 1.82) is 0 Å². The summed E-state index contributed by atoms with van der Waals surface area (Å²) in [4.78, 5) is 26.1. The lowest BCUT2D eigenvalue weighted by Gasteiger charge is -2.04. The first-order chi connectivity index (χ1) is 10.6. The Morgan fingerprint density at radius 1 is 1.18 bits per heavy atom. The summed E-state index contributed by atoms with van der Waals surface area (Å²) in [5.74, 6) is 0. The number of aromatic nitrogens is 1. The van der Waals surface area contributed by atoms with Crippen LogP contribution in [0.1, 0.15) is 5.56 Å². The number of non-ortho nitro benzene ring substituents is 1. The Morgan fingerprint density at radius 3 is 2.68 bits per heavy atom. The number of hydrogen-bond acceptors (Lipinski definition) is 6. The largest absolute Gasteiger partial charge is 0.445 e. The van der Waals surface area contributed by atoms with Crippen molar-refractivity contribution in [3.05, 3.63) is 74.6 Å². The van der Waals surface area contributed by atoms with Gasteiger partial charge in [0.05, 0.1) is 15.8 Å². The molecule has 0 spiro atoms. The summed E-state index contributed by atoms with van der Waals surface area (Å²) >= 11 is 0. The third-order valence-corrected chi connectivity index (χ3v) is 3.01. The van der Waals surface area contributed by atoms with Crippen LogP contribution in [-0.2, 0) is 6.61 Å². The normalized spacial score (nSPS) is 10.5. The van der Waals surface area contributed by atoms with E-state index in [4.69, 9.17) is 9.15 Å². The van der Waals surface area contributed by atoms with Gasteiger partial charge in [-0.15, -0.1) is 0 Å². The van der Waals surface area contributed by atoms with Crippen LogP contribution < -0.4 is 10.4 Å². The molecule has 0 N–H and O–H groups in total. The average molecular weight is 298 g/mol. The number of nitro benzene ring substituents is 1. The molecule has 110 valence electrons. The maximum atomic E-state index is 11.8. The summed E-state index contributed by atoms with van der Waals surface area (Å²) in [6.07, 6.45) is -0.221. The Hall–Kier alpha value is -3.22. The van der Waals surface area contributed by atoms with Crippen molar-refractivity contribution < 1.29 is 14.1 Å². The average Bonchev–Trinajstić information content (AvgIpc) is 2.53. The van der Waals surface area contributed by atoms with E-state index in [0.717, 1.165) is 5.56 Å². The SMILES string of the molecule is O=c1oc(OCc2ccccc2)nc2cc([N+](=O)[O-])ccc12. The molecule has 22 heavy (non-hydrogen) atoms. The first-order valence-electron chi connectivity index (χ1n) is 6.39. The quantitative estimate of drug-likeness (QED) is 0.542. The van der Waals surface area contributed by atoms with Crippen LogP contribution in [-0.4, -0.2) is 9.91 Å². The topological polar surface area (TPSA) is 95.5 Å². The van der Waals surface area contributed by atoms with E-state index in [2.05, 4.69) is 4.98 Å². The summed E-state index contributed by atoms with van der Waals surface area (Å²) in [5, 5.41) is 10.9. The van der Waals surface area contributed by atoms with Crippen LogP contribution in [0.15, 0.2) is 57.7 Å². The fourth-order valence-electron chi connectivity index (χ4n) is 1.94. The molecule has 0 atom stereocenters. The monoisotopic (exact) mass is 298 g/mol. The Labute approximate surface area is 123 Å². The van der Waals surface area contributed by atoms with E-state index in [0.29, 0.717) is 0 Å². The van der Waals surface area contributed by atoms with Crippen LogP contribution in [0.2, 0.25) is 0 Å². The van der Waals surface area contributed by atoms with Gasteiger partial charge in [0.1, 0.15) is 6.61 Å². The second-order valence-electron chi connectivity index (χ2n) is 4.50. The van der Waals surface area contributed by atoms with Gasteiger partial charge >= 0.3 is 11.7 Å². The Morgan fingerprint density at radius 2 is 1.95 bits per heavy atom. The van der Waals surface area contributed by atoms with Gasteiger partial charge in [0, 0.05) is 12.1 Å². The van der Waals surface area contributed by atoms with Crippen LogP contribution in [0.25, 0.3) is 10.9 Å². The van der Waals surface area contributed by atoms with Crippen molar-refractivity contribution in [3.8, 4) is 6.08 Å². The second kappa shape index (κ2) is 5.65. The first-order valence-corrected chi connectivity index (χ1v) is 6.39. The summed E-state index contributed by atoms with van der Waals surface area (Å²) in [6.45, 7) is 0.178. The van der Waals surface area contributed by atoms with Crippen molar-refractivity contribution in [2.45, 2.75) is 6.61 Å². The summed E-state index contributed by atoms with van der Waals surface area (Å²) in [5.41, 5.74) is 0.238. The molecule has 1 heterocycles. The molecule has 7 nitrogen and oxygen atoms in total. The predicted molar refractivity (Wildman–Crippen MR) is 77.7 cm³/mol. The minimum absolute atomic E-state index is 0.153. The molecule has 0 unspecified atom stereocenters. The zero-order valence-corrected chi connectivity index (χ0v) is 11.3. The fourth-order valence-corrected chi connectivity index (χ4v) is 1.94.